The third-order valence-corrected chi connectivity index (χ3v) is 7.31. The van der Waals surface area contributed by atoms with Crippen LogP contribution in [0.15, 0.2) is 24.8 Å². The van der Waals surface area contributed by atoms with Gasteiger partial charge in [-0.25, -0.2) is 13.9 Å². The Morgan fingerprint density at radius 1 is 1.15 bits per heavy atom. The molecule has 34 heavy (non-hydrogen) atoms. The number of nitrogens with one attached hydrogen (secondary N) is 1. The van der Waals surface area contributed by atoms with Gasteiger partial charge >= 0.3 is 0 Å². The van der Waals surface area contributed by atoms with E-state index in [1.807, 2.05) is 18.5 Å². The maximum absolute atomic E-state index is 16.1. The van der Waals surface area contributed by atoms with Crippen LogP contribution in [-0.2, 0) is 0 Å². The molecule has 4 heterocycles. The molecule has 0 aromatic carbocycles. The topological polar surface area (TPSA) is 68.1 Å². The Bertz CT molecular complexity index is 1310. The second-order valence-electron chi connectivity index (χ2n) is 10.5. The molecular formula is C27H34FN5O. The normalized spacial score (nSPS) is 19.1. The van der Waals surface area contributed by atoms with Crippen molar-refractivity contribution < 1.29 is 9.13 Å². The van der Waals surface area contributed by atoms with Gasteiger partial charge in [-0.2, -0.15) is 5.10 Å². The lowest BCUT2D eigenvalue weighted by atomic mass is 9.77. The van der Waals surface area contributed by atoms with Crippen LogP contribution in [0.1, 0.15) is 82.9 Å². The Morgan fingerprint density at radius 3 is 2.59 bits per heavy atom. The van der Waals surface area contributed by atoms with Crippen molar-refractivity contribution in [3.05, 3.63) is 41.9 Å². The van der Waals surface area contributed by atoms with Crippen LogP contribution in [0.25, 0.3) is 27.8 Å². The minimum absolute atomic E-state index is 0.118. The van der Waals surface area contributed by atoms with Crippen LogP contribution < -0.4 is 4.74 Å². The van der Waals surface area contributed by atoms with E-state index in [9.17, 15) is 0 Å². The quantitative estimate of drug-likeness (QED) is 0.339. The largest absolute Gasteiger partial charge is 0.493 e. The van der Waals surface area contributed by atoms with E-state index in [0.717, 1.165) is 59.9 Å². The first-order valence-corrected chi connectivity index (χ1v) is 12.4. The van der Waals surface area contributed by atoms with Crippen LogP contribution in [0, 0.1) is 17.7 Å². The van der Waals surface area contributed by atoms with Crippen LogP contribution >= 0.6 is 0 Å². The van der Waals surface area contributed by atoms with Crippen molar-refractivity contribution in [2.75, 3.05) is 7.11 Å². The number of nitrogens with zero attached hydrogens (tertiary/aromatic N) is 4. The lowest BCUT2D eigenvalue weighted by molar-refractivity contribution is 0.278. The lowest BCUT2D eigenvalue weighted by Gasteiger charge is -2.29. The highest BCUT2D eigenvalue weighted by Crippen LogP contribution is 2.42. The zero-order valence-electron chi connectivity index (χ0n) is 20.7. The highest BCUT2D eigenvalue weighted by Gasteiger charge is 2.29. The van der Waals surface area contributed by atoms with E-state index >= 15 is 4.39 Å². The van der Waals surface area contributed by atoms with Gasteiger partial charge in [0.25, 0.3) is 0 Å². The van der Waals surface area contributed by atoms with Gasteiger partial charge in [0.1, 0.15) is 6.33 Å². The van der Waals surface area contributed by atoms with E-state index in [-0.39, 0.29) is 17.7 Å². The molecule has 0 aliphatic heterocycles. The fraction of sp³-hybridized carbons (Fsp3) is 0.519. The van der Waals surface area contributed by atoms with Gasteiger partial charge in [-0.05, 0) is 61.5 Å². The number of aromatic amines is 1. The SMILES string of the molecule is COc1cc(-c2[nH]c3cnc(C4CCC(CC(C)C)CC4)c(F)c3c2C(C)C)cn2ncnc12. The molecule has 1 aliphatic rings. The highest BCUT2D eigenvalue weighted by molar-refractivity contribution is 5.92. The molecule has 7 heteroatoms. The molecule has 0 atom stereocenters. The molecule has 1 N–H and O–H groups in total. The number of fused-ring (bicyclic) bond motifs is 2. The molecule has 0 radical (unpaired) electrons. The van der Waals surface area contributed by atoms with Gasteiger partial charge in [-0.3, -0.25) is 4.98 Å². The Labute approximate surface area is 200 Å². The molecule has 1 saturated carbocycles. The minimum Gasteiger partial charge on any atom is -0.493 e. The molecule has 0 bridgehead atoms. The van der Waals surface area contributed by atoms with Crippen LogP contribution in [-0.4, -0.2) is 31.7 Å². The lowest BCUT2D eigenvalue weighted by Crippen LogP contribution is -2.17. The number of ether oxygens (including phenoxy) is 1. The van der Waals surface area contributed by atoms with Crippen molar-refractivity contribution in [3.8, 4) is 17.0 Å². The molecule has 0 amide bonds. The van der Waals surface area contributed by atoms with E-state index in [4.69, 9.17) is 4.74 Å². The second kappa shape index (κ2) is 9.01. The van der Waals surface area contributed by atoms with Crippen molar-refractivity contribution in [2.45, 2.75) is 71.6 Å². The Kier molecular flexibility index (Phi) is 6.04. The third kappa shape index (κ3) is 3.95. The number of hydrogen-bond acceptors (Lipinski definition) is 4. The Hall–Kier alpha value is -2.96. The van der Waals surface area contributed by atoms with E-state index in [0.29, 0.717) is 22.5 Å². The zero-order valence-corrected chi connectivity index (χ0v) is 20.7. The zero-order chi connectivity index (χ0) is 24.0. The second-order valence-corrected chi connectivity index (χ2v) is 10.5. The third-order valence-electron chi connectivity index (χ3n) is 7.31. The summed E-state index contributed by atoms with van der Waals surface area (Å²) in [6, 6.07) is 1.93. The summed E-state index contributed by atoms with van der Waals surface area (Å²) in [5.41, 5.74) is 4.73. The molecule has 4 aromatic heterocycles. The van der Waals surface area contributed by atoms with Crippen LogP contribution in [0.2, 0.25) is 0 Å². The van der Waals surface area contributed by atoms with Gasteiger partial charge in [0.15, 0.2) is 17.2 Å². The molecule has 0 saturated heterocycles. The summed E-state index contributed by atoms with van der Waals surface area (Å²) in [6.45, 7) is 8.78. The first-order valence-electron chi connectivity index (χ1n) is 12.4. The number of rotatable bonds is 6. The standard InChI is InChI=1S/C27H34FN5O/c1-15(2)10-17-6-8-18(9-7-17)26-24(28)23-20(12-29-26)32-25(22(23)16(3)4)19-11-21(34-5)27-30-14-31-33(27)13-19/h11-18,32H,6-10H2,1-5H3. The average Bonchev–Trinajstić information content (AvgIpc) is 3.44. The van der Waals surface area contributed by atoms with Crippen molar-refractivity contribution in [3.63, 3.8) is 0 Å². The van der Waals surface area contributed by atoms with Gasteiger partial charge in [-0.1, -0.05) is 27.7 Å². The summed E-state index contributed by atoms with van der Waals surface area (Å²) in [7, 11) is 1.62. The smallest absolute Gasteiger partial charge is 0.197 e. The van der Waals surface area contributed by atoms with Crippen LogP contribution in [0.5, 0.6) is 5.75 Å². The van der Waals surface area contributed by atoms with E-state index in [1.54, 1.807) is 11.6 Å². The number of hydrogen-bond donors (Lipinski definition) is 1. The predicted molar refractivity (Wildman–Crippen MR) is 133 cm³/mol. The van der Waals surface area contributed by atoms with Crippen LogP contribution in [0.4, 0.5) is 4.39 Å². The highest BCUT2D eigenvalue weighted by atomic mass is 19.1. The van der Waals surface area contributed by atoms with Gasteiger partial charge in [0.05, 0.1) is 30.2 Å². The van der Waals surface area contributed by atoms with Crippen molar-refractivity contribution in [1.29, 1.82) is 0 Å². The summed E-state index contributed by atoms with van der Waals surface area (Å²) >= 11 is 0. The van der Waals surface area contributed by atoms with Crippen LogP contribution in [0.3, 0.4) is 0 Å². The minimum atomic E-state index is -0.162. The maximum atomic E-state index is 16.1. The average molecular weight is 464 g/mol. The molecule has 1 fully saturated rings. The summed E-state index contributed by atoms with van der Waals surface area (Å²) in [4.78, 5) is 12.4. The molecule has 180 valence electrons. The van der Waals surface area contributed by atoms with Gasteiger partial charge in [0, 0.05) is 23.1 Å². The molecule has 4 aromatic rings. The van der Waals surface area contributed by atoms with Gasteiger partial charge in [0.2, 0.25) is 0 Å². The maximum Gasteiger partial charge on any atom is 0.197 e. The van der Waals surface area contributed by atoms with E-state index in [1.165, 1.54) is 12.7 Å². The first-order chi connectivity index (χ1) is 16.4. The summed E-state index contributed by atoms with van der Waals surface area (Å²) in [5, 5.41) is 4.95. The number of H-pyrrole nitrogens is 1. The Balaban J connectivity index is 1.57. The molecule has 1 aliphatic carbocycles. The van der Waals surface area contributed by atoms with E-state index < -0.39 is 0 Å². The predicted octanol–water partition coefficient (Wildman–Crippen LogP) is 6.86. The van der Waals surface area contributed by atoms with Gasteiger partial charge < -0.3 is 9.72 Å². The van der Waals surface area contributed by atoms with E-state index in [2.05, 4.69) is 47.7 Å². The summed E-state index contributed by atoms with van der Waals surface area (Å²) < 4.78 is 23.4. The molecule has 5 rings (SSSR count). The summed E-state index contributed by atoms with van der Waals surface area (Å²) in [6.07, 6.45) is 10.8. The number of aromatic nitrogens is 5. The summed E-state index contributed by atoms with van der Waals surface area (Å²) in [5.74, 6) is 2.25. The van der Waals surface area contributed by atoms with Crippen molar-refractivity contribution in [2.24, 2.45) is 11.8 Å². The number of pyridine rings is 2. The van der Waals surface area contributed by atoms with Gasteiger partial charge in [-0.15, -0.1) is 0 Å². The van der Waals surface area contributed by atoms with Crippen molar-refractivity contribution >= 4 is 16.6 Å². The molecule has 0 spiro atoms. The molecular weight excluding hydrogens is 429 g/mol. The number of halogens is 1. The van der Waals surface area contributed by atoms with Crippen molar-refractivity contribution in [1.82, 2.24) is 24.6 Å². The fourth-order valence-electron chi connectivity index (χ4n) is 5.80. The fourth-order valence-corrected chi connectivity index (χ4v) is 5.80. The monoisotopic (exact) mass is 463 g/mol. The first kappa shape index (κ1) is 22.8. The molecule has 6 nitrogen and oxygen atoms in total. The Morgan fingerprint density at radius 2 is 1.91 bits per heavy atom. The number of methoxy groups -OCH3 is 1. The molecule has 0 unspecified atom stereocenters.